The Morgan fingerprint density at radius 1 is 0.338 bits per heavy atom. The van der Waals surface area contributed by atoms with Gasteiger partial charge >= 0.3 is 17.9 Å². The number of hydrogen-bond donors (Lipinski definition) is 0. The summed E-state index contributed by atoms with van der Waals surface area (Å²) in [6.45, 7) is 6.41. The second-order valence-electron chi connectivity index (χ2n) is 17.4. The molecule has 6 nitrogen and oxygen atoms in total. The van der Waals surface area contributed by atoms with Crippen LogP contribution in [0.3, 0.4) is 0 Å². The minimum atomic E-state index is -0.823. The molecule has 0 aromatic carbocycles. The maximum atomic E-state index is 12.8. The zero-order valence-corrected chi connectivity index (χ0v) is 42.2. The van der Waals surface area contributed by atoms with Crippen LogP contribution >= 0.6 is 0 Å². The number of carbonyl (C=O) groups is 3. The van der Waals surface area contributed by atoms with Crippen molar-refractivity contribution in [2.75, 3.05) is 13.2 Å². The van der Waals surface area contributed by atoms with E-state index in [0.29, 0.717) is 12.8 Å². The van der Waals surface area contributed by atoms with E-state index in [1.165, 1.54) is 109 Å². The fourth-order valence-electron chi connectivity index (χ4n) is 7.06. The molecule has 0 N–H and O–H groups in total. The highest BCUT2D eigenvalue weighted by atomic mass is 16.6. The van der Waals surface area contributed by atoms with Crippen LogP contribution in [0, 0.1) is 0 Å². The van der Waals surface area contributed by atoms with E-state index in [9.17, 15) is 14.4 Å². The first-order valence-corrected chi connectivity index (χ1v) is 26.8. The lowest BCUT2D eigenvalue weighted by Gasteiger charge is -2.18. The Hall–Kier alpha value is -3.67. The van der Waals surface area contributed by atoms with Crippen molar-refractivity contribution in [1.82, 2.24) is 0 Å². The number of rotatable bonds is 47. The van der Waals surface area contributed by atoms with E-state index in [2.05, 4.69) is 106 Å². The Balaban J connectivity index is 4.55. The Bertz CT molecular complexity index is 1310. The summed E-state index contributed by atoms with van der Waals surface area (Å²) >= 11 is 0. The minimum absolute atomic E-state index is 0.114. The van der Waals surface area contributed by atoms with Gasteiger partial charge in [-0.15, -0.1) is 0 Å². The fourth-order valence-corrected chi connectivity index (χ4v) is 7.06. The van der Waals surface area contributed by atoms with Crippen molar-refractivity contribution in [2.24, 2.45) is 0 Å². The first-order valence-electron chi connectivity index (χ1n) is 26.8. The third-order valence-corrected chi connectivity index (χ3v) is 11.1. The van der Waals surface area contributed by atoms with E-state index in [0.717, 1.165) is 83.5 Å². The van der Waals surface area contributed by atoms with Crippen LogP contribution in [-0.4, -0.2) is 37.2 Å². The van der Waals surface area contributed by atoms with Crippen LogP contribution < -0.4 is 0 Å². The number of hydrogen-bond acceptors (Lipinski definition) is 6. The lowest BCUT2D eigenvalue weighted by Crippen LogP contribution is -2.30. The molecule has 0 aliphatic rings. The van der Waals surface area contributed by atoms with E-state index >= 15 is 0 Å². The van der Waals surface area contributed by atoms with Gasteiger partial charge in [0.25, 0.3) is 0 Å². The summed E-state index contributed by atoms with van der Waals surface area (Å²) in [4.78, 5) is 38.0. The molecule has 0 rings (SSSR count). The smallest absolute Gasteiger partial charge is 0.306 e. The van der Waals surface area contributed by atoms with Crippen molar-refractivity contribution in [1.29, 1.82) is 0 Å². The predicted molar refractivity (Wildman–Crippen MR) is 279 cm³/mol. The number of esters is 3. The monoisotopic (exact) mass is 903 g/mol. The van der Waals surface area contributed by atoms with Crippen molar-refractivity contribution in [3.8, 4) is 0 Å². The van der Waals surface area contributed by atoms with Gasteiger partial charge in [0.2, 0.25) is 0 Å². The van der Waals surface area contributed by atoms with E-state index in [-0.39, 0.29) is 44.0 Å². The maximum absolute atomic E-state index is 12.8. The maximum Gasteiger partial charge on any atom is 0.306 e. The van der Waals surface area contributed by atoms with Gasteiger partial charge in [0, 0.05) is 19.3 Å². The molecule has 1 unspecified atom stereocenters. The largest absolute Gasteiger partial charge is 0.462 e. The molecule has 0 radical (unpaired) electrons. The molecule has 0 amide bonds. The summed E-state index contributed by atoms with van der Waals surface area (Å²) in [7, 11) is 0. The second-order valence-corrected chi connectivity index (χ2v) is 17.4. The molecule has 0 aliphatic heterocycles. The number of ether oxygens (including phenoxy) is 3. The molecule has 0 heterocycles. The van der Waals surface area contributed by atoms with E-state index in [1.807, 2.05) is 12.2 Å². The Morgan fingerprint density at radius 3 is 1.15 bits per heavy atom. The molecule has 0 bridgehead atoms. The van der Waals surface area contributed by atoms with E-state index in [4.69, 9.17) is 14.2 Å². The van der Waals surface area contributed by atoms with Gasteiger partial charge in [0.15, 0.2) is 6.10 Å². The molecule has 0 aromatic rings. The van der Waals surface area contributed by atoms with E-state index in [1.54, 1.807) is 0 Å². The minimum Gasteiger partial charge on any atom is -0.462 e. The van der Waals surface area contributed by atoms with Crippen molar-refractivity contribution in [3.63, 3.8) is 0 Å². The van der Waals surface area contributed by atoms with Gasteiger partial charge in [-0.2, -0.15) is 0 Å². The molecular weight excluding hydrogens is 805 g/mol. The van der Waals surface area contributed by atoms with Crippen LogP contribution in [0.5, 0.6) is 0 Å². The van der Waals surface area contributed by atoms with Crippen molar-refractivity contribution in [2.45, 2.75) is 245 Å². The van der Waals surface area contributed by atoms with Crippen LogP contribution in [-0.2, 0) is 28.6 Å². The van der Waals surface area contributed by atoms with Crippen LogP contribution in [0.25, 0.3) is 0 Å². The van der Waals surface area contributed by atoms with Crippen LogP contribution in [0.1, 0.15) is 239 Å². The van der Waals surface area contributed by atoms with Crippen molar-refractivity contribution >= 4 is 17.9 Å². The lowest BCUT2D eigenvalue weighted by atomic mass is 10.1. The molecule has 1 atom stereocenters. The normalized spacial score (nSPS) is 12.8. The highest BCUT2D eigenvalue weighted by molar-refractivity contribution is 5.71. The summed E-state index contributed by atoms with van der Waals surface area (Å²) in [5.41, 5.74) is 0. The van der Waals surface area contributed by atoms with Gasteiger partial charge in [0.05, 0.1) is 0 Å². The third-order valence-electron chi connectivity index (χ3n) is 11.1. The molecule has 65 heavy (non-hydrogen) atoms. The molecule has 0 fully saturated rings. The topological polar surface area (TPSA) is 78.9 Å². The first kappa shape index (κ1) is 61.3. The summed E-state index contributed by atoms with van der Waals surface area (Å²) in [6.07, 6.45) is 69.7. The Morgan fingerprint density at radius 2 is 0.677 bits per heavy atom. The molecule has 0 spiro atoms. The average Bonchev–Trinajstić information content (AvgIpc) is 3.30. The predicted octanol–water partition coefficient (Wildman–Crippen LogP) is 17.8. The van der Waals surface area contributed by atoms with Gasteiger partial charge < -0.3 is 14.2 Å². The fraction of sp³-hybridized carbons (Fsp3) is 0.678. The molecule has 0 saturated heterocycles. The van der Waals surface area contributed by atoms with Gasteiger partial charge in [-0.05, 0) is 103 Å². The SMILES string of the molecule is CC/C=C\C/C=C\C/C=C\C/C=C\C/C=C\CCC(=O)OCC(COC(=O)CCCCCCCCC/C=C\CCCCCC)OC(=O)CCCCC/C=C\C=C/CCCCCCCCC. The highest BCUT2D eigenvalue weighted by Crippen LogP contribution is 2.13. The molecule has 370 valence electrons. The van der Waals surface area contributed by atoms with Crippen molar-refractivity contribution < 1.29 is 28.6 Å². The summed E-state index contributed by atoms with van der Waals surface area (Å²) < 4.78 is 16.7. The van der Waals surface area contributed by atoms with Gasteiger partial charge in [0.1, 0.15) is 13.2 Å². The number of carbonyl (C=O) groups excluding carboxylic acids is 3. The highest BCUT2D eigenvalue weighted by Gasteiger charge is 2.19. The molecule has 0 saturated carbocycles. The summed E-state index contributed by atoms with van der Waals surface area (Å²) in [6, 6.07) is 0. The lowest BCUT2D eigenvalue weighted by molar-refractivity contribution is -0.166. The van der Waals surface area contributed by atoms with E-state index < -0.39 is 6.10 Å². The third kappa shape index (κ3) is 51.2. The summed E-state index contributed by atoms with van der Waals surface area (Å²) in [5.74, 6) is -1.03. The molecular formula is C59H98O6. The zero-order valence-electron chi connectivity index (χ0n) is 42.2. The number of unbranched alkanes of at least 4 members (excludes halogenated alkanes) is 21. The Labute approximate surface area is 400 Å². The summed E-state index contributed by atoms with van der Waals surface area (Å²) in [5, 5.41) is 0. The van der Waals surface area contributed by atoms with Crippen LogP contribution in [0.15, 0.2) is 97.2 Å². The number of allylic oxidation sites excluding steroid dienone is 16. The standard InChI is InChI=1S/C59H98O6/c1-4-7-10-13-16-19-22-25-28-31-34-37-40-43-46-49-52-58(61)64-55-56(54-63-57(60)51-48-45-42-39-36-33-30-27-24-21-18-15-12-9-6-3)65-59(62)53-50-47-44-41-38-35-32-29-26-23-20-17-14-11-8-5-2/h7,10,16,19,21,24-25,28-29,32,34-35,37-38,43,46,56H,4-6,8-9,11-15,17-18,20,22-23,26-27,30-31,33,36,39-42,44-45,47-55H2,1-3H3/b10-7-,19-16-,24-21-,28-25-,32-29-,37-34-,38-35-,46-43-. The zero-order chi connectivity index (χ0) is 47.2. The first-order chi connectivity index (χ1) is 32.0. The molecule has 6 heteroatoms. The van der Waals surface area contributed by atoms with Crippen LogP contribution in [0.4, 0.5) is 0 Å². The van der Waals surface area contributed by atoms with Crippen molar-refractivity contribution in [3.05, 3.63) is 97.2 Å². The van der Waals surface area contributed by atoms with Crippen LogP contribution in [0.2, 0.25) is 0 Å². The Kier molecular flexibility index (Phi) is 50.0. The quantitative estimate of drug-likeness (QED) is 0.0199. The van der Waals surface area contributed by atoms with Gasteiger partial charge in [-0.3, -0.25) is 14.4 Å². The van der Waals surface area contributed by atoms with Gasteiger partial charge in [-0.1, -0.05) is 214 Å². The molecule has 0 aliphatic carbocycles. The average molecular weight is 903 g/mol. The molecule has 0 aromatic heterocycles. The van der Waals surface area contributed by atoms with Gasteiger partial charge in [-0.25, -0.2) is 0 Å². The second kappa shape index (κ2) is 52.9.